The first-order valence-electron chi connectivity index (χ1n) is 7.58. The number of hydrogen-bond donors (Lipinski definition) is 0. The summed E-state index contributed by atoms with van der Waals surface area (Å²) in [4.78, 5) is 12.5. The molecule has 0 saturated carbocycles. The van der Waals surface area contributed by atoms with Crippen LogP contribution in [0.25, 0.3) is 10.8 Å². The molecule has 0 saturated heterocycles. The summed E-state index contributed by atoms with van der Waals surface area (Å²) in [7, 11) is 3.23. The Morgan fingerprint density at radius 2 is 1.54 bits per heavy atom. The lowest BCUT2D eigenvalue weighted by atomic mass is 10.0. The van der Waals surface area contributed by atoms with Gasteiger partial charge in [-0.2, -0.15) is 0 Å². The summed E-state index contributed by atoms with van der Waals surface area (Å²) in [6, 6.07) is 18.6. The van der Waals surface area contributed by atoms with Gasteiger partial charge >= 0.3 is 5.97 Å². The minimum absolute atomic E-state index is 0.211. The molecular weight excluding hydrogens is 304 g/mol. The second-order valence-electron chi connectivity index (χ2n) is 5.29. The molecule has 0 aliphatic heterocycles. The number of methoxy groups -OCH3 is 2. The van der Waals surface area contributed by atoms with Crippen LogP contribution < -0.4 is 9.47 Å². The Labute approximate surface area is 140 Å². The molecule has 0 unspecified atom stereocenters. The maximum atomic E-state index is 12.5. The highest BCUT2D eigenvalue weighted by Gasteiger charge is 2.14. The maximum Gasteiger partial charge on any atom is 0.339 e. The van der Waals surface area contributed by atoms with Crippen LogP contribution in [-0.4, -0.2) is 20.2 Å². The van der Waals surface area contributed by atoms with Crippen molar-refractivity contribution in [2.45, 2.75) is 6.61 Å². The van der Waals surface area contributed by atoms with Crippen LogP contribution in [0, 0.1) is 0 Å². The van der Waals surface area contributed by atoms with Crippen LogP contribution in [0.1, 0.15) is 15.9 Å². The number of fused-ring (bicyclic) bond motifs is 1. The number of carbonyl (C=O) groups excluding carboxylic acids is 1. The lowest BCUT2D eigenvalue weighted by molar-refractivity contribution is 0.0475. The van der Waals surface area contributed by atoms with E-state index in [-0.39, 0.29) is 12.6 Å². The van der Waals surface area contributed by atoms with E-state index in [1.807, 2.05) is 48.5 Å². The van der Waals surface area contributed by atoms with Gasteiger partial charge < -0.3 is 14.2 Å². The Bertz CT molecular complexity index is 853. The average molecular weight is 322 g/mol. The van der Waals surface area contributed by atoms with Gasteiger partial charge in [-0.15, -0.1) is 0 Å². The molecule has 0 aromatic heterocycles. The molecule has 4 heteroatoms. The van der Waals surface area contributed by atoms with Gasteiger partial charge in [0.05, 0.1) is 19.8 Å². The third-order valence-electron chi connectivity index (χ3n) is 3.85. The quantitative estimate of drug-likeness (QED) is 0.660. The van der Waals surface area contributed by atoms with Gasteiger partial charge in [-0.3, -0.25) is 0 Å². The van der Waals surface area contributed by atoms with Crippen molar-refractivity contribution in [2.24, 2.45) is 0 Å². The third kappa shape index (κ3) is 3.18. The lowest BCUT2D eigenvalue weighted by Gasteiger charge is -2.10. The zero-order valence-corrected chi connectivity index (χ0v) is 13.6. The van der Waals surface area contributed by atoms with Crippen LogP contribution in [0.4, 0.5) is 0 Å². The summed E-state index contributed by atoms with van der Waals surface area (Å²) in [5, 5.41) is 1.70. The molecule has 0 heterocycles. The molecule has 24 heavy (non-hydrogen) atoms. The van der Waals surface area contributed by atoms with Crippen molar-refractivity contribution in [3.63, 3.8) is 0 Å². The van der Waals surface area contributed by atoms with E-state index in [0.717, 1.165) is 27.8 Å². The third-order valence-corrected chi connectivity index (χ3v) is 3.85. The van der Waals surface area contributed by atoms with Gasteiger partial charge in [-0.1, -0.05) is 36.4 Å². The van der Waals surface area contributed by atoms with Gasteiger partial charge in [-0.25, -0.2) is 4.79 Å². The smallest absolute Gasteiger partial charge is 0.339 e. The van der Waals surface area contributed by atoms with E-state index in [4.69, 9.17) is 14.2 Å². The van der Waals surface area contributed by atoms with E-state index in [1.54, 1.807) is 26.4 Å². The van der Waals surface area contributed by atoms with Gasteiger partial charge in [0.25, 0.3) is 0 Å². The molecule has 0 aliphatic rings. The molecule has 0 amide bonds. The Kier molecular flexibility index (Phi) is 4.66. The predicted octanol–water partition coefficient (Wildman–Crippen LogP) is 4.21. The van der Waals surface area contributed by atoms with E-state index in [2.05, 4.69) is 0 Å². The number of benzene rings is 3. The lowest BCUT2D eigenvalue weighted by Crippen LogP contribution is -2.06. The Morgan fingerprint density at radius 1 is 0.833 bits per heavy atom. The van der Waals surface area contributed by atoms with Gasteiger partial charge in [0.2, 0.25) is 0 Å². The fraction of sp³-hybridized carbons (Fsp3) is 0.150. The van der Waals surface area contributed by atoms with Crippen molar-refractivity contribution in [3.8, 4) is 11.5 Å². The molecule has 0 aliphatic carbocycles. The van der Waals surface area contributed by atoms with Crippen LogP contribution in [0.3, 0.4) is 0 Å². The van der Waals surface area contributed by atoms with Crippen LogP contribution in [0.15, 0.2) is 60.7 Å². The largest absolute Gasteiger partial charge is 0.497 e. The van der Waals surface area contributed by atoms with E-state index in [0.29, 0.717) is 5.56 Å². The molecule has 0 radical (unpaired) electrons. The molecule has 0 bridgehead atoms. The van der Waals surface area contributed by atoms with Crippen molar-refractivity contribution >= 4 is 16.7 Å². The molecule has 122 valence electrons. The summed E-state index contributed by atoms with van der Waals surface area (Å²) in [6.07, 6.45) is 0. The fourth-order valence-corrected chi connectivity index (χ4v) is 2.58. The summed E-state index contributed by atoms with van der Waals surface area (Å²) >= 11 is 0. The summed E-state index contributed by atoms with van der Waals surface area (Å²) in [6.45, 7) is 0.211. The molecule has 0 fully saturated rings. The van der Waals surface area contributed by atoms with Crippen molar-refractivity contribution in [3.05, 3.63) is 71.8 Å². The average Bonchev–Trinajstić information content (AvgIpc) is 2.65. The second-order valence-corrected chi connectivity index (χ2v) is 5.29. The van der Waals surface area contributed by atoms with Gasteiger partial charge in [0, 0.05) is 5.39 Å². The molecule has 3 aromatic rings. The molecule has 3 rings (SSSR count). The molecular formula is C20H18O4. The van der Waals surface area contributed by atoms with E-state index in [9.17, 15) is 4.79 Å². The van der Waals surface area contributed by atoms with Crippen molar-refractivity contribution in [1.82, 2.24) is 0 Å². The standard InChI is InChI=1S/C20H18O4/c1-22-15-9-7-14(8-10-15)13-24-20(21)18-11-12-19(23-2)17-6-4-3-5-16(17)18/h3-12H,13H2,1-2H3. The summed E-state index contributed by atoms with van der Waals surface area (Å²) in [5.41, 5.74) is 1.43. The second kappa shape index (κ2) is 7.04. The first-order valence-corrected chi connectivity index (χ1v) is 7.58. The van der Waals surface area contributed by atoms with E-state index in [1.165, 1.54) is 0 Å². The van der Waals surface area contributed by atoms with E-state index < -0.39 is 0 Å². The van der Waals surface area contributed by atoms with Gasteiger partial charge in [-0.05, 0) is 35.2 Å². The van der Waals surface area contributed by atoms with E-state index >= 15 is 0 Å². The van der Waals surface area contributed by atoms with Gasteiger partial charge in [0.1, 0.15) is 18.1 Å². The molecule has 3 aromatic carbocycles. The fourth-order valence-electron chi connectivity index (χ4n) is 2.58. The number of hydrogen-bond acceptors (Lipinski definition) is 4. The first-order chi connectivity index (χ1) is 11.7. The predicted molar refractivity (Wildman–Crippen MR) is 92.6 cm³/mol. The molecule has 4 nitrogen and oxygen atoms in total. The van der Waals surface area contributed by atoms with Gasteiger partial charge in [0.15, 0.2) is 0 Å². The van der Waals surface area contributed by atoms with Crippen molar-refractivity contribution in [1.29, 1.82) is 0 Å². The summed E-state index contributed by atoms with van der Waals surface area (Å²) in [5.74, 6) is 1.15. The molecule has 0 spiro atoms. The first kappa shape index (κ1) is 15.9. The molecule has 0 N–H and O–H groups in total. The minimum Gasteiger partial charge on any atom is -0.497 e. The molecule has 0 atom stereocenters. The van der Waals surface area contributed by atoms with Crippen LogP contribution in [-0.2, 0) is 11.3 Å². The monoisotopic (exact) mass is 322 g/mol. The Morgan fingerprint density at radius 3 is 2.21 bits per heavy atom. The zero-order chi connectivity index (χ0) is 16.9. The number of ether oxygens (including phenoxy) is 3. The zero-order valence-electron chi connectivity index (χ0n) is 13.6. The maximum absolute atomic E-state index is 12.5. The van der Waals surface area contributed by atoms with Crippen LogP contribution in [0.5, 0.6) is 11.5 Å². The number of esters is 1. The number of rotatable bonds is 5. The summed E-state index contributed by atoms with van der Waals surface area (Å²) < 4.78 is 15.9. The number of carbonyl (C=O) groups is 1. The Hall–Kier alpha value is -3.01. The highest BCUT2D eigenvalue weighted by molar-refractivity contribution is 6.06. The Balaban J connectivity index is 1.81. The van der Waals surface area contributed by atoms with Crippen LogP contribution in [0.2, 0.25) is 0 Å². The van der Waals surface area contributed by atoms with Crippen molar-refractivity contribution in [2.75, 3.05) is 14.2 Å². The minimum atomic E-state index is -0.357. The van der Waals surface area contributed by atoms with Crippen molar-refractivity contribution < 1.29 is 19.0 Å². The highest BCUT2D eigenvalue weighted by Crippen LogP contribution is 2.28. The normalized spacial score (nSPS) is 10.4. The highest BCUT2D eigenvalue weighted by atomic mass is 16.5. The SMILES string of the molecule is COc1ccc(COC(=O)c2ccc(OC)c3ccccc23)cc1. The van der Waals surface area contributed by atoms with Crippen LogP contribution >= 0.6 is 0 Å². The topological polar surface area (TPSA) is 44.8 Å².